The van der Waals surface area contributed by atoms with E-state index >= 15 is 0 Å². The van der Waals surface area contributed by atoms with Crippen LogP contribution in [0.3, 0.4) is 0 Å². The molecule has 2 fully saturated rings. The van der Waals surface area contributed by atoms with Gasteiger partial charge in [0, 0.05) is 38.8 Å². The number of pyridine rings is 1. The number of amides is 2. The number of carbonyl (C=O) groups is 2. The van der Waals surface area contributed by atoms with Crippen molar-refractivity contribution >= 4 is 17.6 Å². The van der Waals surface area contributed by atoms with Crippen molar-refractivity contribution in [2.45, 2.75) is 6.04 Å². The third-order valence-corrected chi connectivity index (χ3v) is 6.40. The van der Waals surface area contributed by atoms with E-state index in [2.05, 4.69) is 11.6 Å². The van der Waals surface area contributed by atoms with Crippen LogP contribution in [0.25, 0.3) is 11.3 Å². The number of phenols is 1. The highest BCUT2D eigenvalue weighted by atomic mass is 19.1. The zero-order valence-electron chi connectivity index (χ0n) is 18.6. The standard InChI is InChI=1S/C24H25FN4O5/c1-2-20(31)28-6-7-29-15(13-28)14-34-19-12-17(21-16(25)4-3-5-18(21)30)26-23(22(19)24(29)32)27-8-10-33-11-9-27/h2-5,12,15,30H,1,6-11,13-14H2/t15-/m1/s1. The van der Waals surface area contributed by atoms with Crippen LogP contribution >= 0.6 is 0 Å². The van der Waals surface area contributed by atoms with Crippen molar-refractivity contribution in [1.82, 2.24) is 14.8 Å². The van der Waals surface area contributed by atoms with E-state index in [9.17, 15) is 19.1 Å². The highest BCUT2D eigenvalue weighted by molar-refractivity contribution is 6.03. The number of aromatic hydroxyl groups is 1. The number of hydrogen-bond acceptors (Lipinski definition) is 7. The first-order valence-electron chi connectivity index (χ1n) is 11.2. The average molecular weight is 468 g/mol. The van der Waals surface area contributed by atoms with E-state index in [0.29, 0.717) is 57.3 Å². The Morgan fingerprint density at radius 1 is 1.21 bits per heavy atom. The van der Waals surface area contributed by atoms with Gasteiger partial charge in [-0.25, -0.2) is 9.37 Å². The maximum Gasteiger partial charge on any atom is 0.261 e. The summed E-state index contributed by atoms with van der Waals surface area (Å²) in [6.45, 7) is 6.71. The van der Waals surface area contributed by atoms with Gasteiger partial charge >= 0.3 is 0 Å². The lowest BCUT2D eigenvalue weighted by molar-refractivity contribution is -0.128. The lowest BCUT2D eigenvalue weighted by Gasteiger charge is -2.39. The maximum absolute atomic E-state index is 14.7. The van der Waals surface area contributed by atoms with Crippen LogP contribution in [0.2, 0.25) is 0 Å². The van der Waals surface area contributed by atoms with Crippen LogP contribution in [-0.2, 0) is 9.53 Å². The maximum atomic E-state index is 14.7. The van der Waals surface area contributed by atoms with Gasteiger partial charge in [-0.15, -0.1) is 0 Å². The summed E-state index contributed by atoms with van der Waals surface area (Å²) >= 11 is 0. The van der Waals surface area contributed by atoms with Crippen molar-refractivity contribution in [3.05, 3.63) is 48.3 Å². The minimum absolute atomic E-state index is 0.0550. The second-order valence-electron chi connectivity index (χ2n) is 8.39. The van der Waals surface area contributed by atoms with Crippen LogP contribution < -0.4 is 9.64 Å². The molecule has 9 nitrogen and oxygen atoms in total. The first-order chi connectivity index (χ1) is 16.5. The predicted molar refractivity (Wildman–Crippen MR) is 121 cm³/mol. The van der Waals surface area contributed by atoms with Gasteiger partial charge in [0.1, 0.15) is 35.3 Å². The van der Waals surface area contributed by atoms with Crippen LogP contribution in [-0.4, -0.2) is 90.3 Å². The largest absolute Gasteiger partial charge is 0.507 e. The summed E-state index contributed by atoms with van der Waals surface area (Å²) in [5.74, 6) is -0.681. The predicted octanol–water partition coefficient (Wildman–Crippen LogP) is 1.66. The number of carbonyl (C=O) groups excluding carboxylic acids is 2. The van der Waals surface area contributed by atoms with E-state index in [1.807, 2.05) is 4.90 Å². The van der Waals surface area contributed by atoms with Crippen LogP contribution in [0, 0.1) is 5.82 Å². The van der Waals surface area contributed by atoms with E-state index in [1.165, 1.54) is 30.3 Å². The number of nitrogens with zero attached hydrogens (tertiary/aromatic N) is 4. The molecule has 0 radical (unpaired) electrons. The molecule has 1 N–H and O–H groups in total. The van der Waals surface area contributed by atoms with Crippen molar-refractivity contribution in [3.63, 3.8) is 0 Å². The molecule has 5 rings (SSSR count). The summed E-state index contributed by atoms with van der Waals surface area (Å²) in [5.41, 5.74) is 0.417. The van der Waals surface area contributed by atoms with Crippen LogP contribution in [0.15, 0.2) is 36.9 Å². The van der Waals surface area contributed by atoms with Crippen LogP contribution in [0.1, 0.15) is 10.4 Å². The molecular weight excluding hydrogens is 443 g/mol. The fraction of sp³-hybridized carbons (Fsp3) is 0.375. The molecule has 1 aromatic heterocycles. The zero-order valence-corrected chi connectivity index (χ0v) is 18.6. The van der Waals surface area contributed by atoms with Gasteiger partial charge in [0.05, 0.1) is 30.5 Å². The Morgan fingerprint density at radius 3 is 2.74 bits per heavy atom. The van der Waals surface area contributed by atoms with Gasteiger partial charge in [0.2, 0.25) is 5.91 Å². The number of morpholine rings is 1. The molecular formula is C24H25FN4O5. The summed E-state index contributed by atoms with van der Waals surface area (Å²) in [6.07, 6.45) is 1.26. The van der Waals surface area contributed by atoms with E-state index < -0.39 is 5.82 Å². The lowest BCUT2D eigenvalue weighted by atomic mass is 10.1. The lowest BCUT2D eigenvalue weighted by Crippen LogP contribution is -2.57. The Kier molecular flexibility index (Phi) is 5.82. The number of aromatic nitrogens is 1. The fourth-order valence-corrected chi connectivity index (χ4v) is 4.65. The molecule has 2 aromatic rings. The second-order valence-corrected chi connectivity index (χ2v) is 8.39. The van der Waals surface area contributed by atoms with Gasteiger partial charge in [-0.05, 0) is 18.2 Å². The number of halogens is 1. The van der Waals surface area contributed by atoms with E-state index in [-0.39, 0.29) is 47.2 Å². The van der Waals surface area contributed by atoms with Crippen LogP contribution in [0.5, 0.6) is 11.5 Å². The topological polar surface area (TPSA) is 95.4 Å². The molecule has 2 amide bonds. The Labute approximate surface area is 196 Å². The summed E-state index contributed by atoms with van der Waals surface area (Å²) in [6, 6.07) is 5.20. The number of phenolic OH excluding ortho intramolecular Hbond substituents is 1. The molecule has 0 unspecified atom stereocenters. The first-order valence-corrected chi connectivity index (χ1v) is 11.2. The number of ether oxygens (including phenoxy) is 2. The quantitative estimate of drug-likeness (QED) is 0.685. The third-order valence-electron chi connectivity index (χ3n) is 6.40. The molecule has 4 heterocycles. The highest BCUT2D eigenvalue weighted by Crippen LogP contribution is 2.39. The number of fused-ring (bicyclic) bond motifs is 2. The molecule has 1 aromatic carbocycles. The number of benzene rings is 1. The SMILES string of the molecule is C=CC(=O)N1CCN2C(=O)c3c(cc(-c4c(O)cccc4F)nc3N3CCOCC3)OC[C@H]2C1. The third kappa shape index (κ3) is 3.83. The molecule has 2 saturated heterocycles. The minimum atomic E-state index is -0.628. The number of hydrogen-bond donors (Lipinski definition) is 1. The van der Waals surface area contributed by atoms with Crippen molar-refractivity contribution in [2.24, 2.45) is 0 Å². The van der Waals surface area contributed by atoms with E-state index in [1.54, 1.807) is 9.80 Å². The average Bonchev–Trinajstić information content (AvgIpc) is 3.00. The van der Waals surface area contributed by atoms with Gasteiger partial charge < -0.3 is 29.3 Å². The van der Waals surface area contributed by atoms with Crippen molar-refractivity contribution in [1.29, 1.82) is 0 Å². The normalized spacial score (nSPS) is 20.2. The first kappa shape index (κ1) is 22.1. The van der Waals surface area contributed by atoms with Gasteiger partial charge in [-0.1, -0.05) is 12.6 Å². The smallest absolute Gasteiger partial charge is 0.261 e. The Morgan fingerprint density at radius 2 is 2.00 bits per heavy atom. The molecule has 1 atom stereocenters. The highest BCUT2D eigenvalue weighted by Gasteiger charge is 2.39. The minimum Gasteiger partial charge on any atom is -0.507 e. The molecule has 0 bridgehead atoms. The molecule has 0 aliphatic carbocycles. The zero-order chi connectivity index (χ0) is 23.8. The molecule has 3 aliphatic heterocycles. The Bertz CT molecular complexity index is 1130. The second kappa shape index (κ2) is 8.94. The van der Waals surface area contributed by atoms with Gasteiger partial charge in [0.25, 0.3) is 5.91 Å². The molecule has 10 heteroatoms. The Balaban J connectivity index is 1.60. The summed E-state index contributed by atoms with van der Waals surface area (Å²) < 4.78 is 26.3. The summed E-state index contributed by atoms with van der Waals surface area (Å²) in [7, 11) is 0. The summed E-state index contributed by atoms with van der Waals surface area (Å²) in [4.78, 5) is 35.8. The molecule has 3 aliphatic rings. The fourth-order valence-electron chi connectivity index (χ4n) is 4.65. The van der Waals surface area contributed by atoms with E-state index in [0.717, 1.165) is 0 Å². The van der Waals surface area contributed by atoms with Crippen molar-refractivity contribution in [3.8, 4) is 22.8 Å². The monoisotopic (exact) mass is 468 g/mol. The van der Waals surface area contributed by atoms with Gasteiger partial charge in [0.15, 0.2) is 0 Å². The summed E-state index contributed by atoms with van der Waals surface area (Å²) in [5, 5.41) is 10.4. The van der Waals surface area contributed by atoms with Crippen LogP contribution in [0.4, 0.5) is 10.2 Å². The van der Waals surface area contributed by atoms with Crippen molar-refractivity contribution in [2.75, 3.05) is 57.4 Å². The number of piperazine rings is 1. The molecule has 0 spiro atoms. The van der Waals surface area contributed by atoms with Crippen molar-refractivity contribution < 1.29 is 28.6 Å². The number of rotatable bonds is 3. The number of anilines is 1. The Hall–Kier alpha value is -3.66. The molecule has 178 valence electrons. The molecule has 0 saturated carbocycles. The van der Waals surface area contributed by atoms with Gasteiger partial charge in [-0.2, -0.15) is 0 Å². The van der Waals surface area contributed by atoms with E-state index in [4.69, 9.17) is 9.47 Å². The van der Waals surface area contributed by atoms with Gasteiger partial charge in [-0.3, -0.25) is 9.59 Å². The molecule has 34 heavy (non-hydrogen) atoms.